The third kappa shape index (κ3) is 2.29. The van der Waals surface area contributed by atoms with Gasteiger partial charge in [0, 0.05) is 16.1 Å². The molecular formula is C10H11BrClNO. The second kappa shape index (κ2) is 4.82. The Hall–Kier alpha value is -0.510. The van der Waals surface area contributed by atoms with Gasteiger partial charge in [0.1, 0.15) is 5.75 Å². The first kappa shape index (κ1) is 11.6. The van der Waals surface area contributed by atoms with Crippen molar-refractivity contribution in [1.82, 2.24) is 0 Å². The molecule has 0 saturated carbocycles. The van der Waals surface area contributed by atoms with E-state index in [1.165, 1.54) is 0 Å². The van der Waals surface area contributed by atoms with Crippen molar-refractivity contribution in [2.45, 2.75) is 12.5 Å². The van der Waals surface area contributed by atoms with Crippen LogP contribution in [0.2, 0.25) is 5.02 Å². The SMILES string of the molecule is C=CC[C@@H](N)c1c(Br)ccc(Cl)c1O. The molecule has 76 valence electrons. The van der Waals surface area contributed by atoms with Gasteiger partial charge < -0.3 is 10.8 Å². The minimum absolute atomic E-state index is 0.0374. The zero-order chi connectivity index (χ0) is 10.7. The first-order valence-electron chi connectivity index (χ1n) is 4.11. The van der Waals surface area contributed by atoms with E-state index in [-0.39, 0.29) is 11.8 Å². The maximum atomic E-state index is 9.70. The molecule has 0 heterocycles. The average molecular weight is 277 g/mol. The standard InChI is InChI=1S/C10H11BrClNO/c1-2-3-8(13)9-6(11)4-5-7(12)10(9)14/h2,4-5,8,14H,1,3,13H2/t8-/m1/s1. The van der Waals surface area contributed by atoms with Crippen molar-refractivity contribution >= 4 is 27.5 Å². The van der Waals surface area contributed by atoms with Crippen LogP contribution in [0.4, 0.5) is 0 Å². The van der Waals surface area contributed by atoms with Crippen LogP contribution >= 0.6 is 27.5 Å². The fourth-order valence-electron chi connectivity index (χ4n) is 1.21. The highest BCUT2D eigenvalue weighted by atomic mass is 79.9. The smallest absolute Gasteiger partial charge is 0.140 e. The molecule has 4 heteroatoms. The van der Waals surface area contributed by atoms with Crippen LogP contribution in [0.3, 0.4) is 0 Å². The molecule has 14 heavy (non-hydrogen) atoms. The predicted octanol–water partition coefficient (Wildman–Crippen LogP) is 3.38. The van der Waals surface area contributed by atoms with Crippen LogP contribution in [-0.4, -0.2) is 5.11 Å². The molecule has 0 aromatic heterocycles. The van der Waals surface area contributed by atoms with Crippen LogP contribution in [0.1, 0.15) is 18.0 Å². The maximum absolute atomic E-state index is 9.70. The van der Waals surface area contributed by atoms with Gasteiger partial charge in [0.05, 0.1) is 5.02 Å². The number of halogens is 2. The molecule has 2 nitrogen and oxygen atoms in total. The lowest BCUT2D eigenvalue weighted by Gasteiger charge is -2.14. The molecule has 0 aliphatic heterocycles. The van der Waals surface area contributed by atoms with Gasteiger partial charge in [-0.2, -0.15) is 0 Å². The molecule has 0 unspecified atom stereocenters. The Kier molecular flexibility index (Phi) is 3.98. The summed E-state index contributed by atoms with van der Waals surface area (Å²) in [6.07, 6.45) is 2.30. The van der Waals surface area contributed by atoms with Crippen molar-refractivity contribution in [1.29, 1.82) is 0 Å². The van der Waals surface area contributed by atoms with Gasteiger partial charge in [-0.15, -0.1) is 6.58 Å². The summed E-state index contributed by atoms with van der Waals surface area (Å²) in [5, 5.41) is 10.0. The molecule has 0 amide bonds. The summed E-state index contributed by atoms with van der Waals surface area (Å²) in [6, 6.07) is 3.09. The summed E-state index contributed by atoms with van der Waals surface area (Å²) in [5.74, 6) is 0.0374. The number of phenolic OH excluding ortho intramolecular Hbond substituents is 1. The molecule has 1 aromatic carbocycles. The topological polar surface area (TPSA) is 46.2 Å². The molecule has 0 radical (unpaired) electrons. The van der Waals surface area contributed by atoms with Crippen molar-refractivity contribution in [3.05, 3.63) is 39.8 Å². The molecule has 0 spiro atoms. The zero-order valence-corrected chi connectivity index (χ0v) is 9.85. The van der Waals surface area contributed by atoms with Crippen molar-refractivity contribution in [2.24, 2.45) is 5.73 Å². The number of aromatic hydroxyl groups is 1. The molecule has 1 aromatic rings. The number of hydrogen-bond donors (Lipinski definition) is 2. The predicted molar refractivity (Wildman–Crippen MR) is 62.6 cm³/mol. The highest BCUT2D eigenvalue weighted by molar-refractivity contribution is 9.10. The second-order valence-corrected chi connectivity index (χ2v) is 4.18. The fraction of sp³-hybridized carbons (Fsp3) is 0.200. The first-order valence-corrected chi connectivity index (χ1v) is 5.28. The normalized spacial score (nSPS) is 12.5. The van der Waals surface area contributed by atoms with Crippen LogP contribution in [0.5, 0.6) is 5.75 Å². The Balaban J connectivity index is 3.17. The summed E-state index contributed by atoms with van der Waals surface area (Å²) >= 11 is 9.10. The number of phenols is 1. The Morgan fingerprint density at radius 2 is 2.29 bits per heavy atom. The summed E-state index contributed by atoms with van der Waals surface area (Å²) in [4.78, 5) is 0. The Morgan fingerprint density at radius 3 is 2.86 bits per heavy atom. The van der Waals surface area contributed by atoms with E-state index in [2.05, 4.69) is 22.5 Å². The van der Waals surface area contributed by atoms with E-state index in [4.69, 9.17) is 17.3 Å². The highest BCUT2D eigenvalue weighted by Gasteiger charge is 2.15. The van der Waals surface area contributed by atoms with Gasteiger partial charge >= 0.3 is 0 Å². The average Bonchev–Trinajstić information content (AvgIpc) is 2.13. The van der Waals surface area contributed by atoms with Gasteiger partial charge in [-0.05, 0) is 18.6 Å². The van der Waals surface area contributed by atoms with Gasteiger partial charge in [-0.1, -0.05) is 33.6 Å². The van der Waals surface area contributed by atoms with E-state index < -0.39 is 0 Å². The summed E-state index contributed by atoms with van der Waals surface area (Å²) in [6.45, 7) is 3.60. The highest BCUT2D eigenvalue weighted by Crippen LogP contribution is 2.37. The summed E-state index contributed by atoms with van der Waals surface area (Å²) in [5.41, 5.74) is 6.48. The van der Waals surface area contributed by atoms with E-state index in [9.17, 15) is 5.11 Å². The minimum atomic E-state index is -0.291. The molecule has 0 aliphatic carbocycles. The van der Waals surface area contributed by atoms with Crippen molar-refractivity contribution in [3.63, 3.8) is 0 Å². The lowest BCUT2D eigenvalue weighted by molar-refractivity contribution is 0.461. The first-order chi connectivity index (χ1) is 6.57. The van der Waals surface area contributed by atoms with Crippen molar-refractivity contribution in [3.8, 4) is 5.75 Å². The van der Waals surface area contributed by atoms with Gasteiger partial charge in [0.2, 0.25) is 0 Å². The second-order valence-electron chi connectivity index (χ2n) is 2.92. The van der Waals surface area contributed by atoms with Gasteiger partial charge in [0.25, 0.3) is 0 Å². The van der Waals surface area contributed by atoms with Crippen molar-refractivity contribution in [2.75, 3.05) is 0 Å². The lowest BCUT2D eigenvalue weighted by atomic mass is 10.0. The van der Waals surface area contributed by atoms with Crippen LogP contribution in [0, 0.1) is 0 Å². The van der Waals surface area contributed by atoms with Crippen LogP contribution < -0.4 is 5.73 Å². The molecule has 0 bridgehead atoms. The zero-order valence-electron chi connectivity index (χ0n) is 7.50. The van der Waals surface area contributed by atoms with E-state index in [0.717, 1.165) is 4.47 Å². The largest absolute Gasteiger partial charge is 0.506 e. The van der Waals surface area contributed by atoms with E-state index in [1.54, 1.807) is 18.2 Å². The minimum Gasteiger partial charge on any atom is -0.506 e. The van der Waals surface area contributed by atoms with E-state index >= 15 is 0 Å². The number of hydrogen-bond acceptors (Lipinski definition) is 2. The molecule has 3 N–H and O–H groups in total. The Morgan fingerprint density at radius 1 is 1.64 bits per heavy atom. The molecule has 0 aliphatic rings. The summed E-state index contributed by atoms with van der Waals surface area (Å²) < 4.78 is 0.758. The molecule has 1 atom stereocenters. The fourth-order valence-corrected chi connectivity index (χ4v) is 1.99. The molecule has 0 saturated heterocycles. The van der Waals surface area contributed by atoms with Crippen molar-refractivity contribution < 1.29 is 5.11 Å². The van der Waals surface area contributed by atoms with Gasteiger partial charge in [0.15, 0.2) is 0 Å². The van der Waals surface area contributed by atoms with Crippen LogP contribution in [-0.2, 0) is 0 Å². The quantitative estimate of drug-likeness (QED) is 0.831. The van der Waals surface area contributed by atoms with E-state index in [1.807, 2.05) is 0 Å². The molecule has 1 rings (SSSR count). The third-order valence-electron chi connectivity index (χ3n) is 1.91. The van der Waals surface area contributed by atoms with Gasteiger partial charge in [-0.3, -0.25) is 0 Å². The third-order valence-corrected chi connectivity index (χ3v) is 2.90. The molecular weight excluding hydrogens is 265 g/mol. The maximum Gasteiger partial charge on any atom is 0.140 e. The van der Waals surface area contributed by atoms with Crippen LogP contribution in [0.25, 0.3) is 0 Å². The molecule has 0 fully saturated rings. The summed E-state index contributed by atoms with van der Waals surface area (Å²) in [7, 11) is 0. The number of benzene rings is 1. The lowest BCUT2D eigenvalue weighted by Crippen LogP contribution is -2.10. The monoisotopic (exact) mass is 275 g/mol. The number of nitrogens with two attached hydrogens (primary N) is 1. The Labute approximate surface area is 96.5 Å². The van der Waals surface area contributed by atoms with E-state index in [0.29, 0.717) is 17.0 Å². The van der Waals surface area contributed by atoms with Gasteiger partial charge in [-0.25, -0.2) is 0 Å². The Bertz CT molecular complexity index is 354. The number of rotatable bonds is 3. The van der Waals surface area contributed by atoms with Crippen LogP contribution in [0.15, 0.2) is 29.3 Å².